The summed E-state index contributed by atoms with van der Waals surface area (Å²) in [4.78, 5) is 38.8. The number of ether oxygens (including phenoxy) is 1. The molecule has 4 rings (SSSR count). The number of piperidine rings is 1. The van der Waals surface area contributed by atoms with Gasteiger partial charge in [-0.05, 0) is 62.6 Å². The molecule has 0 spiro atoms. The van der Waals surface area contributed by atoms with E-state index in [0.717, 1.165) is 19.3 Å². The molecule has 0 radical (unpaired) electrons. The van der Waals surface area contributed by atoms with Gasteiger partial charge in [0, 0.05) is 25.7 Å². The Bertz CT molecular complexity index is 1160. The van der Waals surface area contributed by atoms with Crippen LogP contribution in [-0.4, -0.2) is 45.4 Å². The maximum Gasteiger partial charge on any atom is 0.291 e. The molecule has 1 N–H and O–H groups in total. The van der Waals surface area contributed by atoms with Crippen molar-refractivity contribution in [2.45, 2.75) is 32.8 Å². The van der Waals surface area contributed by atoms with Gasteiger partial charge in [0.15, 0.2) is 11.5 Å². The second kappa shape index (κ2) is 9.72. The normalized spacial score (nSPS) is 13.6. The number of furan rings is 1. The minimum atomic E-state index is -0.479. The summed E-state index contributed by atoms with van der Waals surface area (Å²) in [5, 5.41) is 6.88. The number of amides is 2. The van der Waals surface area contributed by atoms with Crippen LogP contribution >= 0.6 is 0 Å². The zero-order chi connectivity index (χ0) is 23.4. The van der Waals surface area contributed by atoms with Gasteiger partial charge < -0.3 is 19.4 Å². The van der Waals surface area contributed by atoms with Gasteiger partial charge in [-0.2, -0.15) is 5.10 Å². The number of hydrogen-bond acceptors (Lipinski definition) is 6. The van der Waals surface area contributed by atoms with Crippen molar-refractivity contribution < 1.29 is 23.5 Å². The molecule has 33 heavy (non-hydrogen) atoms. The van der Waals surface area contributed by atoms with Crippen LogP contribution in [-0.2, 0) is 13.7 Å². The first-order chi connectivity index (χ1) is 15.9. The van der Waals surface area contributed by atoms with E-state index >= 15 is 0 Å². The van der Waals surface area contributed by atoms with Crippen LogP contribution in [0, 0.1) is 0 Å². The van der Waals surface area contributed by atoms with Crippen LogP contribution in [0.25, 0.3) is 0 Å². The number of anilines is 1. The van der Waals surface area contributed by atoms with Gasteiger partial charge in [-0.1, -0.05) is 0 Å². The molecule has 172 valence electrons. The number of nitrogens with zero attached hydrogens (tertiary/aromatic N) is 3. The van der Waals surface area contributed by atoms with E-state index in [2.05, 4.69) is 10.4 Å². The van der Waals surface area contributed by atoms with Gasteiger partial charge in [0.05, 0.1) is 11.9 Å². The van der Waals surface area contributed by atoms with Crippen molar-refractivity contribution in [3.8, 4) is 5.75 Å². The van der Waals surface area contributed by atoms with E-state index in [-0.39, 0.29) is 24.1 Å². The van der Waals surface area contributed by atoms with Crippen LogP contribution in [0.3, 0.4) is 0 Å². The Labute approximate surface area is 191 Å². The summed E-state index contributed by atoms with van der Waals surface area (Å²) in [5.41, 5.74) is 1.29. The zero-order valence-corrected chi connectivity index (χ0v) is 18.7. The van der Waals surface area contributed by atoms with Gasteiger partial charge in [-0.15, -0.1) is 0 Å². The first-order valence-corrected chi connectivity index (χ1v) is 10.9. The molecule has 0 aliphatic carbocycles. The molecule has 1 saturated heterocycles. The van der Waals surface area contributed by atoms with Crippen molar-refractivity contribution in [2.24, 2.45) is 7.05 Å². The predicted molar refractivity (Wildman–Crippen MR) is 120 cm³/mol. The molecule has 0 atom stereocenters. The average Bonchev–Trinajstić information content (AvgIpc) is 3.45. The summed E-state index contributed by atoms with van der Waals surface area (Å²) in [5.74, 6) is 0.505. The number of hydrogen-bond donors (Lipinski definition) is 1. The largest absolute Gasteiger partial charge is 0.486 e. The molecule has 3 heterocycles. The highest BCUT2D eigenvalue weighted by Gasteiger charge is 2.25. The Hall–Kier alpha value is -3.88. The summed E-state index contributed by atoms with van der Waals surface area (Å²) in [7, 11) is 1.68. The second-order valence-corrected chi connectivity index (χ2v) is 7.97. The number of carbonyl (C=O) groups is 3. The van der Waals surface area contributed by atoms with Gasteiger partial charge in [0.2, 0.25) is 0 Å². The molecule has 0 unspecified atom stereocenters. The third-order valence-electron chi connectivity index (χ3n) is 5.56. The van der Waals surface area contributed by atoms with Crippen LogP contribution in [0.2, 0.25) is 0 Å². The van der Waals surface area contributed by atoms with E-state index in [4.69, 9.17) is 9.15 Å². The second-order valence-electron chi connectivity index (χ2n) is 7.97. The number of likely N-dealkylation sites (tertiary alicyclic amines) is 1. The predicted octanol–water partition coefficient (Wildman–Crippen LogP) is 3.67. The fraction of sp³-hybridized carbons (Fsp3) is 0.333. The van der Waals surface area contributed by atoms with Crippen LogP contribution in [0.1, 0.15) is 63.3 Å². The molecule has 3 aromatic rings. The number of Topliss-reactive ketones (excluding diaryl/α,β-unsaturated/α-hetero) is 1. The maximum absolute atomic E-state index is 13.0. The summed E-state index contributed by atoms with van der Waals surface area (Å²) in [6, 6.07) is 10.00. The quantitative estimate of drug-likeness (QED) is 0.551. The standard InChI is InChI=1S/C24H26N4O5/c1-16(29)17-6-8-18(9-7-17)32-15-19-10-11-21(33-19)23(30)26-20-14-25-27(2)22(20)24(31)28-12-4-3-5-13-28/h6-11,14H,3-5,12-13,15H2,1-2H3,(H,26,30). The Morgan fingerprint density at radius 1 is 1.06 bits per heavy atom. The van der Waals surface area contributed by atoms with Crippen molar-refractivity contribution in [2.75, 3.05) is 18.4 Å². The molecule has 1 aliphatic heterocycles. The lowest BCUT2D eigenvalue weighted by molar-refractivity contribution is 0.0714. The molecule has 9 heteroatoms. The van der Waals surface area contributed by atoms with Crippen LogP contribution in [0.15, 0.2) is 47.0 Å². The molecular formula is C24H26N4O5. The van der Waals surface area contributed by atoms with Gasteiger partial charge in [-0.25, -0.2) is 0 Å². The van der Waals surface area contributed by atoms with Crippen molar-refractivity contribution in [3.05, 3.63) is 65.4 Å². The molecule has 1 aliphatic rings. The molecule has 0 saturated carbocycles. The minimum absolute atomic E-state index is 0.0161. The Balaban J connectivity index is 1.39. The zero-order valence-electron chi connectivity index (χ0n) is 18.7. The summed E-state index contributed by atoms with van der Waals surface area (Å²) >= 11 is 0. The van der Waals surface area contributed by atoms with Crippen molar-refractivity contribution in [3.63, 3.8) is 0 Å². The first-order valence-electron chi connectivity index (χ1n) is 10.9. The highest BCUT2D eigenvalue weighted by molar-refractivity contribution is 6.07. The SMILES string of the molecule is CC(=O)c1ccc(OCc2ccc(C(=O)Nc3cnn(C)c3C(=O)N3CCCCC3)o2)cc1. The number of carbonyl (C=O) groups excluding carboxylic acids is 3. The Morgan fingerprint density at radius 3 is 2.48 bits per heavy atom. The molecule has 2 aromatic heterocycles. The van der Waals surface area contributed by atoms with Gasteiger partial charge in [-0.3, -0.25) is 19.1 Å². The maximum atomic E-state index is 13.0. The number of rotatable bonds is 7. The molecule has 0 bridgehead atoms. The molecule has 1 aromatic carbocycles. The Kier molecular flexibility index (Phi) is 6.58. The van der Waals surface area contributed by atoms with Crippen molar-refractivity contribution in [1.82, 2.24) is 14.7 Å². The highest BCUT2D eigenvalue weighted by Crippen LogP contribution is 2.21. The first kappa shape index (κ1) is 22.3. The van der Waals surface area contributed by atoms with Crippen molar-refractivity contribution in [1.29, 1.82) is 0 Å². The van der Waals surface area contributed by atoms with Crippen LogP contribution in [0.5, 0.6) is 5.75 Å². The van der Waals surface area contributed by atoms with E-state index in [1.54, 1.807) is 48.3 Å². The van der Waals surface area contributed by atoms with Gasteiger partial charge in [0.1, 0.15) is 23.8 Å². The third kappa shape index (κ3) is 5.14. The topological polar surface area (TPSA) is 107 Å². The Morgan fingerprint density at radius 2 is 1.79 bits per heavy atom. The molecule has 1 fully saturated rings. The highest BCUT2D eigenvalue weighted by atomic mass is 16.5. The van der Waals surface area contributed by atoms with E-state index in [1.807, 2.05) is 0 Å². The summed E-state index contributed by atoms with van der Waals surface area (Å²) in [6.45, 7) is 3.04. The van der Waals surface area contributed by atoms with E-state index in [1.165, 1.54) is 17.8 Å². The average molecular weight is 450 g/mol. The molecule has 9 nitrogen and oxygen atoms in total. The number of ketones is 1. The summed E-state index contributed by atoms with van der Waals surface area (Å²) < 4.78 is 12.7. The third-order valence-corrected chi connectivity index (χ3v) is 5.56. The fourth-order valence-electron chi connectivity index (χ4n) is 3.73. The van der Waals surface area contributed by atoms with E-state index in [0.29, 0.717) is 41.5 Å². The molecular weight excluding hydrogens is 424 g/mol. The number of nitrogens with one attached hydrogen (secondary N) is 1. The van der Waals surface area contributed by atoms with Crippen molar-refractivity contribution >= 4 is 23.3 Å². The lowest BCUT2D eigenvalue weighted by Crippen LogP contribution is -2.37. The monoisotopic (exact) mass is 450 g/mol. The number of aryl methyl sites for hydroxylation is 1. The van der Waals surface area contributed by atoms with Gasteiger partial charge >= 0.3 is 0 Å². The van der Waals surface area contributed by atoms with E-state index < -0.39 is 5.91 Å². The number of aromatic nitrogens is 2. The van der Waals surface area contributed by atoms with E-state index in [9.17, 15) is 14.4 Å². The lowest BCUT2D eigenvalue weighted by atomic mass is 10.1. The minimum Gasteiger partial charge on any atom is -0.486 e. The van der Waals surface area contributed by atoms with Gasteiger partial charge in [0.25, 0.3) is 11.8 Å². The van der Waals surface area contributed by atoms with Crippen LogP contribution < -0.4 is 10.1 Å². The lowest BCUT2D eigenvalue weighted by Gasteiger charge is -2.27. The smallest absolute Gasteiger partial charge is 0.291 e. The van der Waals surface area contributed by atoms with Crippen LogP contribution in [0.4, 0.5) is 5.69 Å². The molecule has 2 amide bonds. The summed E-state index contributed by atoms with van der Waals surface area (Å²) in [6.07, 6.45) is 4.53. The fourth-order valence-corrected chi connectivity index (χ4v) is 3.73. The number of benzene rings is 1.